The minimum atomic E-state index is -1.21. The van der Waals surface area contributed by atoms with Crippen LogP contribution in [0.4, 0.5) is 5.13 Å². The number of hydrogen-bond donors (Lipinski definition) is 3. The van der Waals surface area contributed by atoms with Gasteiger partial charge in [-0.25, -0.2) is 14.3 Å². The molecule has 0 spiro atoms. The number of allylic oxidation sites excluding steroid dienone is 1. The number of nitrogens with zero attached hydrogens (tertiary/aromatic N) is 5. The number of hydrogen-bond acceptors (Lipinski definition) is 10. The van der Waals surface area contributed by atoms with Gasteiger partial charge in [0.1, 0.15) is 46.8 Å². The summed E-state index contributed by atoms with van der Waals surface area (Å²) in [6.07, 6.45) is 7.54. The number of carbonyl (C=O) groups is 3. The second-order valence-electron chi connectivity index (χ2n) is 13.0. The van der Waals surface area contributed by atoms with Crippen LogP contribution < -0.4 is 39.2 Å². The lowest BCUT2D eigenvalue weighted by Crippen LogP contribution is -3.00. The molecule has 2 amide bonds. The number of halogens is 1. The molecule has 0 bridgehead atoms. The molecule has 1 fully saturated rings. The number of aryl methyl sites for hydroxylation is 1. The Kier molecular flexibility index (Phi) is 11.9. The quantitative estimate of drug-likeness (QED) is 0.0402. The molecule has 0 radical (unpaired) electrons. The van der Waals surface area contributed by atoms with E-state index < -0.39 is 34.7 Å². The monoisotopic (exact) mass is 929 g/mol. The molecule has 3 aromatic carbocycles. The van der Waals surface area contributed by atoms with Gasteiger partial charge in [-0.15, -0.1) is 23.1 Å². The maximum atomic E-state index is 14.0. The third-order valence-electron chi connectivity index (χ3n) is 9.53. The summed E-state index contributed by atoms with van der Waals surface area (Å²) in [7, 11) is 1.94. The largest absolute Gasteiger partial charge is 1.00 e. The van der Waals surface area contributed by atoms with Crippen LogP contribution in [0.15, 0.2) is 137 Å². The normalized spacial score (nSPS) is 16.9. The highest BCUT2D eigenvalue weighted by atomic mass is 127. The first kappa shape index (κ1) is 39.9. The number of carboxylic acids is 1. The molecule has 1 saturated heterocycles. The highest BCUT2D eigenvalue weighted by molar-refractivity contribution is 8.00. The van der Waals surface area contributed by atoms with Gasteiger partial charge in [-0.1, -0.05) is 114 Å². The number of β-lactam (4-membered cyclic amide) rings is 1. The van der Waals surface area contributed by atoms with Gasteiger partial charge in [-0.3, -0.25) is 14.5 Å². The molecular weight excluding hydrogens is 894 g/mol. The van der Waals surface area contributed by atoms with E-state index in [0.29, 0.717) is 16.5 Å². The minimum Gasteiger partial charge on any atom is -1.00 e. The van der Waals surface area contributed by atoms with E-state index in [1.165, 1.54) is 28.0 Å². The summed E-state index contributed by atoms with van der Waals surface area (Å²) in [5.41, 5.74) is 3.56. The zero-order valence-electron chi connectivity index (χ0n) is 30.6. The zero-order valence-corrected chi connectivity index (χ0v) is 35.2. The number of anilines is 1. The van der Waals surface area contributed by atoms with E-state index in [0.717, 1.165) is 27.2 Å². The van der Waals surface area contributed by atoms with Crippen molar-refractivity contribution < 1.29 is 52.9 Å². The van der Waals surface area contributed by atoms with E-state index in [4.69, 9.17) is 9.82 Å². The van der Waals surface area contributed by atoms with Gasteiger partial charge in [-0.2, -0.15) is 4.40 Å². The fraction of sp³-hybridized carbons (Fsp3) is 0.171. The number of rotatable bonds is 13. The van der Waals surface area contributed by atoms with Crippen LogP contribution in [0.5, 0.6) is 0 Å². The molecule has 2 aliphatic rings. The third kappa shape index (κ3) is 7.61. The Morgan fingerprint density at radius 2 is 1.61 bits per heavy atom. The lowest BCUT2D eigenvalue weighted by atomic mass is 9.77. The first-order chi connectivity index (χ1) is 27.3. The Hall–Kier alpha value is -5.30. The molecule has 12 nitrogen and oxygen atoms in total. The third-order valence-corrected chi connectivity index (χ3v) is 12.5. The van der Waals surface area contributed by atoms with Crippen LogP contribution in [0.2, 0.25) is 0 Å². The topological polar surface area (TPSA) is 142 Å². The molecule has 3 aromatic heterocycles. The minimum absolute atomic E-state index is 0. The molecule has 5 heterocycles. The summed E-state index contributed by atoms with van der Waals surface area (Å²) in [4.78, 5) is 52.6. The number of nitrogens with one attached hydrogen (secondary N) is 2. The molecule has 8 rings (SSSR count). The lowest BCUT2D eigenvalue weighted by Gasteiger charge is -2.49. The molecule has 0 saturated carbocycles. The SMILES string of the molecule is CCO/N=C(\C(=O)N[C@@H]1C(=O)N2C(C(=O)O)=C(C=Cc3csc4c[n+](C)cn34)CS[C@H]12)c1csc(NC(c2ccccc2)(c2ccccc2)c2ccccc2)n1.[I-]. The van der Waals surface area contributed by atoms with Crippen molar-refractivity contribution in [3.05, 3.63) is 160 Å². The summed E-state index contributed by atoms with van der Waals surface area (Å²) >= 11 is 4.27. The van der Waals surface area contributed by atoms with Crippen molar-refractivity contribution in [1.82, 2.24) is 19.6 Å². The van der Waals surface area contributed by atoms with E-state index in [-0.39, 0.29) is 47.7 Å². The number of thiazole rings is 2. The standard InChI is InChI=1S/C41H35N7O5S3.HI/c1-3-53-45-33(31-24-56-40(42-31)44-41(27-13-7-4-8-14-27,28-15-9-5-10-16-28)29-17-11-6-12-18-29)36(49)43-34-37(50)48-35(39(51)52)26(22-55-38(34)48)19-20-30-23-54-32-21-46(2)25-47(30)32;/h4-21,23-25,34,38H,3,22H2,1-2H3,(H2-,42,43,44,49,51,52);1H/b20-19?,45-33-;/t34-,38-;/m1./s1. The van der Waals surface area contributed by atoms with E-state index in [2.05, 4.69) is 52.2 Å². The van der Waals surface area contributed by atoms with Crippen molar-refractivity contribution >= 4 is 74.0 Å². The summed E-state index contributed by atoms with van der Waals surface area (Å²) in [6, 6.07) is 29.3. The second-order valence-corrected chi connectivity index (χ2v) is 15.9. The van der Waals surface area contributed by atoms with Crippen LogP contribution >= 0.6 is 34.4 Å². The zero-order chi connectivity index (χ0) is 38.8. The van der Waals surface area contributed by atoms with Crippen LogP contribution in [0.1, 0.15) is 35.0 Å². The Morgan fingerprint density at radius 1 is 0.982 bits per heavy atom. The van der Waals surface area contributed by atoms with Crippen LogP contribution in [0.3, 0.4) is 0 Å². The summed E-state index contributed by atoms with van der Waals surface area (Å²) in [5, 5.41) is 24.5. The molecule has 2 aliphatic heterocycles. The van der Waals surface area contributed by atoms with Gasteiger partial charge < -0.3 is 44.6 Å². The van der Waals surface area contributed by atoms with Gasteiger partial charge in [0, 0.05) is 16.5 Å². The average molecular weight is 930 g/mol. The Morgan fingerprint density at radius 3 is 2.21 bits per heavy atom. The first-order valence-corrected chi connectivity index (χ1v) is 20.5. The van der Waals surface area contributed by atoms with E-state index in [9.17, 15) is 19.5 Å². The van der Waals surface area contributed by atoms with Crippen molar-refractivity contribution in [2.75, 3.05) is 17.7 Å². The fourth-order valence-corrected chi connectivity index (χ4v) is 9.96. The first-order valence-electron chi connectivity index (χ1n) is 17.7. The lowest BCUT2D eigenvalue weighted by molar-refractivity contribution is -0.669. The molecule has 16 heteroatoms. The van der Waals surface area contributed by atoms with Crippen LogP contribution in [0.25, 0.3) is 10.9 Å². The Balaban J connectivity index is 0.00000496. The second kappa shape index (κ2) is 17.1. The fourth-order valence-electron chi connectivity index (χ4n) is 6.97. The number of carbonyl (C=O) groups excluding carboxylic acids is 2. The Bertz CT molecular complexity index is 2420. The molecule has 2 atom stereocenters. The van der Waals surface area contributed by atoms with Crippen molar-refractivity contribution in [3.63, 3.8) is 0 Å². The van der Waals surface area contributed by atoms with Gasteiger partial charge in [0.15, 0.2) is 10.8 Å². The van der Waals surface area contributed by atoms with Gasteiger partial charge in [0.25, 0.3) is 11.8 Å². The number of aliphatic carboxylic acids is 1. The van der Waals surface area contributed by atoms with E-state index >= 15 is 0 Å². The Labute approximate surface area is 357 Å². The molecular formula is C41H36IN7O5S3. The van der Waals surface area contributed by atoms with Crippen LogP contribution in [0, 0.1) is 0 Å². The van der Waals surface area contributed by atoms with Gasteiger partial charge in [0.2, 0.25) is 11.2 Å². The van der Waals surface area contributed by atoms with Gasteiger partial charge in [-0.05, 0) is 35.3 Å². The number of thioether (sulfide) groups is 1. The van der Waals surface area contributed by atoms with E-state index in [1.54, 1.807) is 29.7 Å². The number of fused-ring (bicyclic) bond motifs is 2. The number of carboxylic acid groups (broad SMARTS) is 1. The molecule has 6 aromatic rings. The maximum Gasteiger partial charge on any atom is 0.352 e. The predicted octanol–water partition coefficient (Wildman–Crippen LogP) is 2.88. The average Bonchev–Trinajstić information content (AvgIpc) is 3.95. The summed E-state index contributed by atoms with van der Waals surface area (Å²) in [5.74, 6) is -2.07. The molecule has 3 N–H and O–H groups in total. The molecule has 0 aliphatic carbocycles. The predicted molar refractivity (Wildman–Crippen MR) is 218 cm³/mol. The molecule has 290 valence electrons. The highest BCUT2D eigenvalue weighted by Crippen LogP contribution is 2.42. The van der Waals surface area contributed by atoms with Crippen LogP contribution in [-0.2, 0) is 31.8 Å². The summed E-state index contributed by atoms with van der Waals surface area (Å²) in [6.45, 7) is 1.95. The summed E-state index contributed by atoms with van der Waals surface area (Å²) < 4.78 is 3.96. The van der Waals surface area contributed by atoms with Crippen molar-refractivity contribution in [2.24, 2.45) is 12.2 Å². The van der Waals surface area contributed by atoms with Crippen LogP contribution in [-0.4, -0.2) is 66.7 Å². The number of oxime groups is 1. The number of imidazole rings is 1. The number of aromatic nitrogens is 3. The number of amides is 2. The highest BCUT2D eigenvalue weighted by Gasteiger charge is 2.54. The van der Waals surface area contributed by atoms with Gasteiger partial charge in [0.05, 0.1) is 7.05 Å². The maximum absolute atomic E-state index is 14.0. The molecule has 57 heavy (non-hydrogen) atoms. The van der Waals surface area contributed by atoms with Gasteiger partial charge >= 0.3 is 5.97 Å². The molecule has 0 unspecified atom stereocenters. The van der Waals surface area contributed by atoms with Crippen molar-refractivity contribution in [1.29, 1.82) is 0 Å². The number of benzene rings is 3. The van der Waals surface area contributed by atoms with Crippen molar-refractivity contribution in [2.45, 2.75) is 23.9 Å². The smallest absolute Gasteiger partial charge is 0.352 e. The van der Waals surface area contributed by atoms with E-state index in [1.807, 2.05) is 94.6 Å². The van der Waals surface area contributed by atoms with Crippen molar-refractivity contribution in [3.8, 4) is 0 Å².